The highest BCUT2D eigenvalue weighted by atomic mass is 16.5. The summed E-state index contributed by atoms with van der Waals surface area (Å²) < 4.78 is 5.48. The second-order valence-corrected chi connectivity index (χ2v) is 10.8. The maximum atomic E-state index is 13.2. The van der Waals surface area contributed by atoms with E-state index in [2.05, 4.69) is 16.0 Å². The highest BCUT2D eigenvalue weighted by Crippen LogP contribution is 2.27. The first kappa shape index (κ1) is 29.7. The number of para-hydroxylation sites is 1. The Hall–Kier alpha value is -4.28. The lowest BCUT2D eigenvalue weighted by Gasteiger charge is -2.34. The molecule has 2 aromatic rings. The first-order valence-electron chi connectivity index (χ1n) is 14.1. The van der Waals surface area contributed by atoms with Gasteiger partial charge in [-0.25, -0.2) is 9.59 Å². The van der Waals surface area contributed by atoms with E-state index in [0.29, 0.717) is 56.1 Å². The van der Waals surface area contributed by atoms with E-state index in [-0.39, 0.29) is 30.8 Å². The number of carbonyl (C=O) groups excluding carboxylic acids is 3. The van der Waals surface area contributed by atoms with Gasteiger partial charge in [0.25, 0.3) is 0 Å². The van der Waals surface area contributed by atoms with Gasteiger partial charge in [0.2, 0.25) is 5.91 Å². The molecule has 11 heteroatoms. The van der Waals surface area contributed by atoms with Crippen molar-refractivity contribution in [2.75, 3.05) is 50.5 Å². The van der Waals surface area contributed by atoms with Gasteiger partial charge in [-0.1, -0.05) is 24.3 Å². The largest absolute Gasteiger partial charge is 0.495 e. The van der Waals surface area contributed by atoms with Gasteiger partial charge in [-0.2, -0.15) is 0 Å². The fraction of sp³-hybridized carbons (Fsp3) is 0.467. The van der Waals surface area contributed by atoms with E-state index in [1.807, 2.05) is 36.1 Å². The van der Waals surface area contributed by atoms with Crippen LogP contribution in [0, 0.1) is 18.8 Å². The normalized spacial score (nSPS) is 18.8. The summed E-state index contributed by atoms with van der Waals surface area (Å²) in [6.45, 7) is 4.34. The molecule has 5 amide bonds. The van der Waals surface area contributed by atoms with Crippen LogP contribution in [0.1, 0.15) is 36.8 Å². The van der Waals surface area contributed by atoms with Crippen molar-refractivity contribution < 1.29 is 29.0 Å². The van der Waals surface area contributed by atoms with Crippen LogP contribution in [0.25, 0.3) is 0 Å². The molecule has 2 heterocycles. The lowest BCUT2D eigenvalue weighted by atomic mass is 9.97. The number of carbonyl (C=O) groups is 4. The van der Waals surface area contributed by atoms with Crippen LogP contribution in [0.15, 0.2) is 42.5 Å². The second-order valence-electron chi connectivity index (χ2n) is 10.8. The number of ether oxygens (including phenoxy) is 1. The fourth-order valence-corrected chi connectivity index (χ4v) is 5.39. The maximum absolute atomic E-state index is 13.2. The summed E-state index contributed by atoms with van der Waals surface area (Å²) in [5, 5.41) is 17.8. The van der Waals surface area contributed by atoms with Crippen molar-refractivity contribution in [1.29, 1.82) is 0 Å². The lowest BCUT2D eigenvalue weighted by molar-refractivity contribution is -0.143. The van der Waals surface area contributed by atoms with E-state index in [0.717, 1.165) is 24.0 Å². The summed E-state index contributed by atoms with van der Waals surface area (Å²) in [5.41, 5.74) is 2.92. The van der Waals surface area contributed by atoms with Gasteiger partial charge in [0.05, 0.1) is 25.1 Å². The Morgan fingerprint density at radius 3 is 2.44 bits per heavy atom. The fourth-order valence-electron chi connectivity index (χ4n) is 5.39. The number of aliphatic carboxylic acids is 1. The standard InChI is InChI=1S/C30H39N5O6/c1-20-7-3-4-10-24(20)32-29(39)33-25-12-11-21(15-26(25)41-2)16-27(36)34-13-5-8-22(18-34)17-31-30(40)35-14-6-9-23(19-35)28(37)38/h3-4,7,10-12,15,22-23H,5-6,8-9,13-14,16-19H2,1-2H3,(H,31,40)(H,37,38)(H2,32,33,39). The molecule has 0 bridgehead atoms. The molecular formula is C30H39N5O6. The number of rotatable bonds is 8. The molecule has 2 unspecified atom stereocenters. The highest BCUT2D eigenvalue weighted by Gasteiger charge is 2.29. The minimum Gasteiger partial charge on any atom is -0.495 e. The van der Waals surface area contributed by atoms with Crippen LogP contribution in [0.2, 0.25) is 0 Å². The summed E-state index contributed by atoms with van der Waals surface area (Å²) in [6.07, 6.45) is 3.21. The minimum atomic E-state index is -0.865. The third kappa shape index (κ3) is 8.12. The van der Waals surface area contributed by atoms with Crippen molar-refractivity contribution in [3.8, 4) is 5.75 Å². The number of hydrogen-bond acceptors (Lipinski definition) is 5. The van der Waals surface area contributed by atoms with Crippen molar-refractivity contribution in [2.24, 2.45) is 11.8 Å². The molecule has 0 spiro atoms. The monoisotopic (exact) mass is 565 g/mol. The van der Waals surface area contributed by atoms with Gasteiger partial charge in [-0.3, -0.25) is 9.59 Å². The van der Waals surface area contributed by atoms with Crippen molar-refractivity contribution in [3.05, 3.63) is 53.6 Å². The smallest absolute Gasteiger partial charge is 0.323 e. The van der Waals surface area contributed by atoms with Crippen LogP contribution in [-0.4, -0.2) is 78.7 Å². The highest BCUT2D eigenvalue weighted by molar-refractivity contribution is 6.01. The summed E-state index contributed by atoms with van der Waals surface area (Å²) >= 11 is 0. The molecule has 0 saturated carbocycles. The van der Waals surface area contributed by atoms with Crippen molar-refractivity contribution in [2.45, 2.75) is 39.0 Å². The molecule has 2 atom stereocenters. The molecule has 2 aliphatic rings. The van der Waals surface area contributed by atoms with Crippen LogP contribution in [0.5, 0.6) is 5.75 Å². The number of nitrogens with zero attached hydrogens (tertiary/aromatic N) is 2. The van der Waals surface area contributed by atoms with Crippen LogP contribution in [0.3, 0.4) is 0 Å². The Labute approximate surface area is 240 Å². The number of urea groups is 2. The Morgan fingerprint density at radius 2 is 1.68 bits per heavy atom. The van der Waals surface area contributed by atoms with Crippen LogP contribution >= 0.6 is 0 Å². The van der Waals surface area contributed by atoms with Crippen LogP contribution < -0.4 is 20.7 Å². The molecule has 4 rings (SSSR count). The average Bonchev–Trinajstić information content (AvgIpc) is 2.98. The molecular weight excluding hydrogens is 526 g/mol. The predicted octanol–water partition coefficient (Wildman–Crippen LogP) is 3.93. The summed E-state index contributed by atoms with van der Waals surface area (Å²) in [6, 6.07) is 12.1. The zero-order valence-corrected chi connectivity index (χ0v) is 23.7. The molecule has 4 N–H and O–H groups in total. The number of amides is 5. The third-order valence-electron chi connectivity index (χ3n) is 7.73. The van der Waals surface area contributed by atoms with Crippen LogP contribution in [0.4, 0.5) is 21.0 Å². The van der Waals surface area contributed by atoms with Gasteiger partial charge >= 0.3 is 18.0 Å². The van der Waals surface area contributed by atoms with E-state index in [1.54, 1.807) is 23.1 Å². The van der Waals surface area contributed by atoms with Gasteiger partial charge in [-0.05, 0) is 67.9 Å². The van der Waals surface area contributed by atoms with Gasteiger partial charge in [0.1, 0.15) is 5.75 Å². The number of nitrogens with one attached hydrogen (secondary N) is 3. The van der Waals surface area contributed by atoms with E-state index < -0.39 is 17.9 Å². The number of hydrogen-bond donors (Lipinski definition) is 4. The number of methoxy groups -OCH3 is 1. The van der Waals surface area contributed by atoms with Gasteiger partial charge in [0, 0.05) is 38.4 Å². The zero-order chi connectivity index (χ0) is 29.4. The predicted molar refractivity (Wildman–Crippen MR) is 155 cm³/mol. The number of aryl methyl sites for hydroxylation is 1. The molecule has 2 fully saturated rings. The first-order chi connectivity index (χ1) is 19.7. The van der Waals surface area contributed by atoms with Crippen molar-refractivity contribution >= 4 is 35.3 Å². The molecule has 2 aromatic carbocycles. The Kier molecular flexibility index (Phi) is 10.0. The molecule has 2 saturated heterocycles. The SMILES string of the molecule is COc1cc(CC(=O)N2CCCC(CNC(=O)N3CCCC(C(=O)O)C3)C2)ccc1NC(=O)Nc1ccccc1C. The Balaban J connectivity index is 1.27. The molecule has 220 valence electrons. The first-order valence-corrected chi connectivity index (χ1v) is 14.1. The average molecular weight is 566 g/mol. The summed E-state index contributed by atoms with van der Waals surface area (Å²) in [5.74, 6) is -0.809. The van der Waals surface area contributed by atoms with E-state index in [1.165, 1.54) is 7.11 Å². The minimum absolute atomic E-state index is 0.0126. The second kappa shape index (κ2) is 13.9. The zero-order valence-electron chi connectivity index (χ0n) is 23.7. The Morgan fingerprint density at radius 1 is 0.951 bits per heavy atom. The molecule has 0 aliphatic carbocycles. The van der Waals surface area contributed by atoms with Gasteiger partial charge in [-0.15, -0.1) is 0 Å². The molecule has 41 heavy (non-hydrogen) atoms. The van der Waals surface area contributed by atoms with E-state index >= 15 is 0 Å². The summed E-state index contributed by atoms with van der Waals surface area (Å²) in [7, 11) is 1.51. The van der Waals surface area contributed by atoms with Crippen molar-refractivity contribution in [3.63, 3.8) is 0 Å². The van der Waals surface area contributed by atoms with E-state index in [4.69, 9.17) is 4.74 Å². The number of carboxylic acid groups (broad SMARTS) is 1. The number of carboxylic acids is 1. The number of benzene rings is 2. The molecule has 0 aromatic heterocycles. The summed E-state index contributed by atoms with van der Waals surface area (Å²) in [4.78, 5) is 53.0. The van der Waals surface area contributed by atoms with E-state index in [9.17, 15) is 24.3 Å². The Bertz CT molecular complexity index is 1270. The molecule has 2 aliphatic heterocycles. The van der Waals surface area contributed by atoms with Crippen LogP contribution in [-0.2, 0) is 16.0 Å². The molecule has 0 radical (unpaired) electrons. The number of piperidine rings is 2. The number of anilines is 2. The van der Waals surface area contributed by atoms with Gasteiger partial charge in [0.15, 0.2) is 0 Å². The number of likely N-dealkylation sites (tertiary alicyclic amines) is 2. The van der Waals surface area contributed by atoms with Crippen molar-refractivity contribution in [1.82, 2.24) is 15.1 Å². The quantitative estimate of drug-likeness (QED) is 0.382. The third-order valence-corrected chi connectivity index (χ3v) is 7.73. The lowest BCUT2D eigenvalue weighted by Crippen LogP contribution is -2.49. The van der Waals surface area contributed by atoms with Gasteiger partial charge < -0.3 is 35.6 Å². The maximum Gasteiger partial charge on any atom is 0.323 e. The molecule has 11 nitrogen and oxygen atoms in total. The topological polar surface area (TPSA) is 140 Å².